The summed E-state index contributed by atoms with van der Waals surface area (Å²) in [5.41, 5.74) is 7.37. The SMILES string of the molecule is Cc1ccc2c(c1)c(C(N)=O)nn2CCO. The first-order valence-corrected chi connectivity index (χ1v) is 5.01. The molecule has 0 radical (unpaired) electrons. The number of aliphatic hydroxyl groups excluding tert-OH is 1. The lowest BCUT2D eigenvalue weighted by molar-refractivity contribution is 0.0996. The minimum atomic E-state index is -0.549. The highest BCUT2D eigenvalue weighted by Crippen LogP contribution is 2.19. The average Bonchev–Trinajstić information content (AvgIpc) is 2.57. The van der Waals surface area contributed by atoms with Crippen molar-refractivity contribution >= 4 is 16.8 Å². The van der Waals surface area contributed by atoms with E-state index in [2.05, 4.69) is 5.10 Å². The largest absolute Gasteiger partial charge is 0.394 e. The second-order valence-corrected chi connectivity index (χ2v) is 3.68. The Morgan fingerprint density at radius 2 is 2.31 bits per heavy atom. The molecule has 84 valence electrons. The van der Waals surface area contributed by atoms with Crippen LogP contribution in [0.25, 0.3) is 10.9 Å². The molecule has 2 rings (SSSR count). The first-order valence-electron chi connectivity index (χ1n) is 5.01. The topological polar surface area (TPSA) is 81.1 Å². The monoisotopic (exact) mass is 219 g/mol. The molecule has 16 heavy (non-hydrogen) atoms. The maximum absolute atomic E-state index is 11.2. The van der Waals surface area contributed by atoms with Gasteiger partial charge in [-0.15, -0.1) is 0 Å². The van der Waals surface area contributed by atoms with Gasteiger partial charge in [0.05, 0.1) is 18.7 Å². The van der Waals surface area contributed by atoms with Crippen LogP contribution in [0.2, 0.25) is 0 Å². The van der Waals surface area contributed by atoms with Crippen LogP contribution in [0, 0.1) is 6.92 Å². The quantitative estimate of drug-likeness (QED) is 0.785. The van der Waals surface area contributed by atoms with Gasteiger partial charge >= 0.3 is 0 Å². The number of hydrogen-bond acceptors (Lipinski definition) is 3. The van der Waals surface area contributed by atoms with Gasteiger partial charge in [-0.25, -0.2) is 0 Å². The number of benzene rings is 1. The Morgan fingerprint density at radius 3 is 2.94 bits per heavy atom. The summed E-state index contributed by atoms with van der Waals surface area (Å²) in [5.74, 6) is -0.549. The van der Waals surface area contributed by atoms with Crippen LogP contribution in [0.5, 0.6) is 0 Å². The number of aromatic nitrogens is 2. The van der Waals surface area contributed by atoms with Gasteiger partial charge in [0, 0.05) is 5.39 Å². The molecular weight excluding hydrogens is 206 g/mol. The lowest BCUT2D eigenvalue weighted by Crippen LogP contribution is -2.13. The maximum atomic E-state index is 11.2. The molecule has 0 fully saturated rings. The molecule has 0 bridgehead atoms. The van der Waals surface area contributed by atoms with Crippen LogP contribution in [0.1, 0.15) is 16.1 Å². The fourth-order valence-electron chi connectivity index (χ4n) is 1.74. The minimum absolute atomic E-state index is 0.0249. The lowest BCUT2D eigenvalue weighted by atomic mass is 10.1. The van der Waals surface area contributed by atoms with Gasteiger partial charge in [-0.05, 0) is 19.1 Å². The smallest absolute Gasteiger partial charge is 0.269 e. The number of aliphatic hydroxyl groups is 1. The van der Waals surface area contributed by atoms with Gasteiger partial charge in [-0.3, -0.25) is 9.48 Å². The number of hydrogen-bond donors (Lipinski definition) is 2. The summed E-state index contributed by atoms with van der Waals surface area (Å²) in [5, 5.41) is 13.7. The first-order chi connectivity index (χ1) is 7.63. The zero-order chi connectivity index (χ0) is 11.7. The fraction of sp³-hybridized carbons (Fsp3) is 0.273. The molecule has 0 aliphatic rings. The van der Waals surface area contributed by atoms with Crippen LogP contribution in [0.3, 0.4) is 0 Å². The Bertz CT molecular complexity index is 545. The van der Waals surface area contributed by atoms with Crippen molar-refractivity contribution in [3.8, 4) is 0 Å². The van der Waals surface area contributed by atoms with Crippen molar-refractivity contribution in [1.29, 1.82) is 0 Å². The summed E-state index contributed by atoms with van der Waals surface area (Å²) in [7, 11) is 0. The molecule has 5 nitrogen and oxygen atoms in total. The Balaban J connectivity index is 2.71. The van der Waals surface area contributed by atoms with Gasteiger partial charge in [-0.2, -0.15) is 5.10 Å². The van der Waals surface area contributed by atoms with Crippen LogP contribution in [-0.4, -0.2) is 27.4 Å². The molecule has 0 saturated heterocycles. The zero-order valence-corrected chi connectivity index (χ0v) is 8.97. The molecule has 3 N–H and O–H groups in total. The molecule has 0 aliphatic heterocycles. The number of rotatable bonds is 3. The number of carbonyl (C=O) groups is 1. The molecular formula is C11H13N3O2. The molecule has 2 aromatic rings. The summed E-state index contributed by atoms with van der Waals surface area (Å²) in [6.07, 6.45) is 0. The third-order valence-corrected chi connectivity index (χ3v) is 2.45. The van der Waals surface area contributed by atoms with Gasteiger partial charge in [-0.1, -0.05) is 11.6 Å². The molecule has 0 saturated carbocycles. The van der Waals surface area contributed by atoms with Crippen LogP contribution >= 0.6 is 0 Å². The highest BCUT2D eigenvalue weighted by atomic mass is 16.3. The number of carbonyl (C=O) groups excluding carboxylic acids is 1. The third kappa shape index (κ3) is 1.65. The Kier molecular flexibility index (Phi) is 2.62. The van der Waals surface area contributed by atoms with E-state index in [9.17, 15) is 4.79 Å². The molecule has 0 atom stereocenters. The predicted molar refractivity (Wildman–Crippen MR) is 60.1 cm³/mol. The molecule has 0 aliphatic carbocycles. The molecule has 5 heteroatoms. The Labute approximate surface area is 92.5 Å². The second kappa shape index (κ2) is 3.94. The number of amides is 1. The van der Waals surface area contributed by atoms with Gasteiger partial charge < -0.3 is 10.8 Å². The number of fused-ring (bicyclic) bond motifs is 1. The Hall–Kier alpha value is -1.88. The van der Waals surface area contributed by atoms with Gasteiger partial charge in [0.1, 0.15) is 0 Å². The number of nitrogens with two attached hydrogens (primary N) is 1. The Morgan fingerprint density at radius 1 is 1.56 bits per heavy atom. The second-order valence-electron chi connectivity index (χ2n) is 3.68. The van der Waals surface area contributed by atoms with Crippen LogP contribution in [0.4, 0.5) is 0 Å². The van der Waals surface area contributed by atoms with E-state index in [1.165, 1.54) is 0 Å². The number of primary amides is 1. The van der Waals surface area contributed by atoms with E-state index in [0.717, 1.165) is 16.5 Å². The van der Waals surface area contributed by atoms with E-state index in [0.29, 0.717) is 6.54 Å². The normalized spacial score (nSPS) is 10.9. The highest BCUT2D eigenvalue weighted by Gasteiger charge is 2.14. The van der Waals surface area contributed by atoms with E-state index in [4.69, 9.17) is 10.8 Å². The summed E-state index contributed by atoms with van der Waals surface area (Å²) < 4.78 is 1.59. The summed E-state index contributed by atoms with van der Waals surface area (Å²) in [4.78, 5) is 11.2. The van der Waals surface area contributed by atoms with Crippen LogP contribution < -0.4 is 5.73 Å². The van der Waals surface area contributed by atoms with E-state index in [1.807, 2.05) is 25.1 Å². The van der Waals surface area contributed by atoms with Crippen molar-refractivity contribution in [3.63, 3.8) is 0 Å². The molecule has 1 heterocycles. The highest BCUT2D eigenvalue weighted by molar-refractivity contribution is 6.04. The van der Waals surface area contributed by atoms with Gasteiger partial charge in [0.2, 0.25) is 0 Å². The minimum Gasteiger partial charge on any atom is -0.394 e. The first kappa shape index (κ1) is 10.6. The molecule has 1 aromatic heterocycles. The maximum Gasteiger partial charge on any atom is 0.269 e. The summed E-state index contributed by atoms with van der Waals surface area (Å²) in [6.45, 7) is 2.27. The van der Waals surface area contributed by atoms with Crippen molar-refractivity contribution in [2.45, 2.75) is 13.5 Å². The van der Waals surface area contributed by atoms with Crippen LogP contribution in [0.15, 0.2) is 18.2 Å². The predicted octanol–water partition coefficient (Wildman–Crippen LogP) is 0.436. The number of aryl methyl sites for hydroxylation is 1. The lowest BCUT2D eigenvalue weighted by Gasteiger charge is -1.99. The van der Waals surface area contributed by atoms with Crippen molar-refractivity contribution in [2.24, 2.45) is 5.73 Å². The van der Waals surface area contributed by atoms with Crippen molar-refractivity contribution in [1.82, 2.24) is 9.78 Å². The number of nitrogens with zero attached hydrogens (tertiary/aromatic N) is 2. The summed E-state index contributed by atoms with van der Waals surface area (Å²) in [6, 6.07) is 5.68. The van der Waals surface area contributed by atoms with Crippen molar-refractivity contribution in [2.75, 3.05) is 6.61 Å². The summed E-state index contributed by atoms with van der Waals surface area (Å²) >= 11 is 0. The zero-order valence-electron chi connectivity index (χ0n) is 8.97. The standard InChI is InChI=1S/C11H13N3O2/c1-7-2-3-9-8(6-7)10(11(12)16)13-14(9)4-5-15/h2-3,6,15H,4-5H2,1H3,(H2,12,16). The molecule has 0 unspecified atom stereocenters. The van der Waals surface area contributed by atoms with Crippen molar-refractivity contribution in [3.05, 3.63) is 29.5 Å². The van der Waals surface area contributed by atoms with Crippen LogP contribution in [-0.2, 0) is 6.54 Å². The molecule has 1 aromatic carbocycles. The van der Waals surface area contributed by atoms with Gasteiger partial charge in [0.15, 0.2) is 5.69 Å². The van der Waals surface area contributed by atoms with Crippen molar-refractivity contribution < 1.29 is 9.90 Å². The van der Waals surface area contributed by atoms with E-state index < -0.39 is 5.91 Å². The average molecular weight is 219 g/mol. The van der Waals surface area contributed by atoms with E-state index >= 15 is 0 Å². The fourth-order valence-corrected chi connectivity index (χ4v) is 1.74. The van der Waals surface area contributed by atoms with E-state index in [1.54, 1.807) is 4.68 Å². The molecule has 1 amide bonds. The third-order valence-electron chi connectivity index (χ3n) is 2.45. The molecule has 0 spiro atoms. The van der Waals surface area contributed by atoms with Gasteiger partial charge in [0.25, 0.3) is 5.91 Å². The van der Waals surface area contributed by atoms with E-state index in [-0.39, 0.29) is 12.3 Å².